The summed E-state index contributed by atoms with van der Waals surface area (Å²) in [6, 6.07) is -0.542. The Balaban J connectivity index is 3.38. The predicted octanol–water partition coefficient (Wildman–Crippen LogP) is 26.8. The second kappa shape index (κ2) is 78.3. The molecule has 0 bridgehead atoms. The summed E-state index contributed by atoms with van der Waals surface area (Å²) >= 11 is 0. The second-order valence-corrected chi connectivity index (χ2v) is 27.7. The first-order chi connectivity index (χ1) is 44.0. The van der Waals surface area contributed by atoms with E-state index in [-0.39, 0.29) is 18.5 Å². The molecule has 89 heavy (non-hydrogen) atoms. The standard InChI is InChI=1S/C83H157NO5/c1-3-5-7-9-11-13-15-17-19-20-21-22-36-39-42-45-48-51-55-59-63-67-71-75-81(86)80(79-85)84-82(87)76-72-68-64-60-56-52-49-46-43-40-37-34-32-30-28-26-24-23-25-27-29-31-33-35-38-41-44-47-50-54-58-62-66-70-74-78-89-83(88)77-73-69-65-61-57-53-18-16-14-12-10-8-6-4-2/h10,12,16,18,25,27,31,33,80-81,85-86H,3-9,11,13-15,17,19-24,26,28-30,32,34-79H2,1-2H3,(H,84,87)/b12-10-,18-16-,27-25-,33-31-. The Morgan fingerprint density at radius 3 is 0.888 bits per heavy atom. The average molecular weight is 1250 g/mol. The Morgan fingerprint density at radius 2 is 0.573 bits per heavy atom. The highest BCUT2D eigenvalue weighted by Crippen LogP contribution is 2.20. The van der Waals surface area contributed by atoms with Gasteiger partial charge in [-0.15, -0.1) is 0 Å². The number of allylic oxidation sites excluding steroid dienone is 8. The number of aliphatic hydroxyl groups excluding tert-OH is 2. The highest BCUT2D eigenvalue weighted by molar-refractivity contribution is 5.76. The summed E-state index contributed by atoms with van der Waals surface area (Å²) in [5.41, 5.74) is 0. The molecule has 0 aliphatic rings. The van der Waals surface area contributed by atoms with Crippen LogP contribution < -0.4 is 5.32 Å². The van der Waals surface area contributed by atoms with Gasteiger partial charge in [0.1, 0.15) is 0 Å². The molecule has 2 atom stereocenters. The van der Waals surface area contributed by atoms with Gasteiger partial charge in [0.15, 0.2) is 0 Å². The third kappa shape index (κ3) is 74.7. The zero-order valence-corrected chi connectivity index (χ0v) is 60.2. The number of amides is 1. The summed E-state index contributed by atoms with van der Waals surface area (Å²) in [4.78, 5) is 24.6. The fraction of sp³-hybridized carbons (Fsp3) is 0.880. The number of ether oxygens (including phenoxy) is 1. The van der Waals surface area contributed by atoms with Gasteiger partial charge in [-0.2, -0.15) is 0 Å². The minimum absolute atomic E-state index is 0.00252. The van der Waals surface area contributed by atoms with Gasteiger partial charge >= 0.3 is 5.97 Å². The molecule has 1 amide bonds. The molecule has 0 saturated carbocycles. The van der Waals surface area contributed by atoms with Gasteiger partial charge in [0.25, 0.3) is 0 Å². The molecule has 3 N–H and O–H groups in total. The zero-order chi connectivity index (χ0) is 64.2. The van der Waals surface area contributed by atoms with E-state index in [1.54, 1.807) is 0 Å². The van der Waals surface area contributed by atoms with Crippen molar-refractivity contribution in [2.75, 3.05) is 13.2 Å². The number of hydrogen-bond donors (Lipinski definition) is 3. The van der Waals surface area contributed by atoms with E-state index in [1.165, 1.54) is 353 Å². The van der Waals surface area contributed by atoms with E-state index in [0.717, 1.165) is 57.8 Å². The number of aliphatic hydroxyl groups is 2. The Hall–Kier alpha value is -2.18. The van der Waals surface area contributed by atoms with Gasteiger partial charge in [-0.05, 0) is 83.5 Å². The molecule has 0 aromatic carbocycles. The molecule has 0 heterocycles. The number of unbranched alkanes of at least 4 members (excludes halogenated alkanes) is 57. The largest absolute Gasteiger partial charge is 0.466 e. The third-order valence-electron chi connectivity index (χ3n) is 18.9. The van der Waals surface area contributed by atoms with Crippen molar-refractivity contribution in [3.63, 3.8) is 0 Å². The molecule has 0 aromatic heterocycles. The average Bonchev–Trinajstić information content (AvgIpc) is 3.64. The smallest absolute Gasteiger partial charge is 0.305 e. The molecular weight excluding hydrogens is 1090 g/mol. The Bertz CT molecular complexity index is 1490. The molecule has 0 fully saturated rings. The summed E-state index contributed by atoms with van der Waals surface area (Å²) in [7, 11) is 0. The lowest BCUT2D eigenvalue weighted by molar-refractivity contribution is -0.143. The van der Waals surface area contributed by atoms with Crippen LogP contribution >= 0.6 is 0 Å². The van der Waals surface area contributed by atoms with Crippen molar-refractivity contribution in [2.45, 2.75) is 456 Å². The first kappa shape index (κ1) is 86.8. The van der Waals surface area contributed by atoms with Gasteiger partial charge in [0, 0.05) is 12.8 Å². The molecular formula is C83H157NO5. The maximum atomic E-state index is 12.6. The van der Waals surface area contributed by atoms with E-state index in [0.29, 0.717) is 25.9 Å². The number of esters is 1. The van der Waals surface area contributed by atoms with E-state index in [4.69, 9.17) is 4.74 Å². The first-order valence-electron chi connectivity index (χ1n) is 40.4. The lowest BCUT2D eigenvalue weighted by Gasteiger charge is -2.22. The van der Waals surface area contributed by atoms with Crippen molar-refractivity contribution >= 4 is 11.9 Å². The van der Waals surface area contributed by atoms with Crippen LogP contribution in [0.15, 0.2) is 48.6 Å². The van der Waals surface area contributed by atoms with Gasteiger partial charge in [0.05, 0.1) is 25.4 Å². The van der Waals surface area contributed by atoms with E-state index in [2.05, 4.69) is 67.8 Å². The second-order valence-electron chi connectivity index (χ2n) is 27.7. The van der Waals surface area contributed by atoms with Gasteiger partial charge in [0.2, 0.25) is 5.91 Å². The van der Waals surface area contributed by atoms with E-state index in [1.807, 2.05) is 0 Å². The maximum Gasteiger partial charge on any atom is 0.305 e. The van der Waals surface area contributed by atoms with Crippen molar-refractivity contribution in [1.29, 1.82) is 0 Å². The molecule has 0 aliphatic carbocycles. The molecule has 0 saturated heterocycles. The fourth-order valence-electron chi connectivity index (χ4n) is 12.7. The van der Waals surface area contributed by atoms with Crippen molar-refractivity contribution in [1.82, 2.24) is 5.32 Å². The van der Waals surface area contributed by atoms with Gasteiger partial charge in [-0.25, -0.2) is 0 Å². The quantitative estimate of drug-likeness (QED) is 0.0320. The molecule has 6 nitrogen and oxygen atoms in total. The fourth-order valence-corrected chi connectivity index (χ4v) is 12.7. The molecule has 2 unspecified atom stereocenters. The van der Waals surface area contributed by atoms with Gasteiger partial charge in [-0.1, -0.05) is 396 Å². The van der Waals surface area contributed by atoms with Crippen LogP contribution in [-0.2, 0) is 14.3 Å². The van der Waals surface area contributed by atoms with Gasteiger partial charge in [-0.3, -0.25) is 9.59 Å². The number of carbonyl (C=O) groups excluding carboxylic acids is 2. The van der Waals surface area contributed by atoms with Crippen LogP contribution in [0.5, 0.6) is 0 Å². The molecule has 0 aromatic rings. The third-order valence-corrected chi connectivity index (χ3v) is 18.9. The van der Waals surface area contributed by atoms with Crippen molar-refractivity contribution in [3.8, 4) is 0 Å². The summed E-state index contributed by atoms with van der Waals surface area (Å²) in [5, 5.41) is 23.5. The maximum absolute atomic E-state index is 12.6. The van der Waals surface area contributed by atoms with Crippen LogP contribution in [0.25, 0.3) is 0 Å². The monoisotopic (exact) mass is 1250 g/mol. The van der Waals surface area contributed by atoms with Crippen LogP contribution in [0.3, 0.4) is 0 Å². The highest BCUT2D eigenvalue weighted by Gasteiger charge is 2.20. The van der Waals surface area contributed by atoms with Crippen molar-refractivity contribution in [2.24, 2.45) is 0 Å². The summed E-state index contributed by atoms with van der Waals surface area (Å²) in [6.07, 6.45) is 104. The molecule has 524 valence electrons. The summed E-state index contributed by atoms with van der Waals surface area (Å²) in [5.74, 6) is -0.0251. The molecule has 0 rings (SSSR count). The summed E-state index contributed by atoms with van der Waals surface area (Å²) < 4.78 is 5.48. The van der Waals surface area contributed by atoms with Gasteiger partial charge < -0.3 is 20.3 Å². The lowest BCUT2D eigenvalue weighted by atomic mass is 10.0. The SMILES string of the molecule is CCCC/C=C\C/C=C\CCCCCCCC(=O)OCCCCCCCCCCCCC/C=C\C/C=C\CCCCCCCCCCCCCCCCCCCC(=O)NC(CO)C(O)CCCCCCCCCCCCCCCCCCCCCCCCC. The topological polar surface area (TPSA) is 95.9 Å². The van der Waals surface area contributed by atoms with E-state index in [9.17, 15) is 19.8 Å². The Morgan fingerprint density at radius 1 is 0.315 bits per heavy atom. The minimum Gasteiger partial charge on any atom is -0.466 e. The first-order valence-corrected chi connectivity index (χ1v) is 40.4. The molecule has 0 radical (unpaired) electrons. The molecule has 6 heteroatoms. The minimum atomic E-state index is -0.665. The van der Waals surface area contributed by atoms with Crippen LogP contribution in [0.4, 0.5) is 0 Å². The zero-order valence-electron chi connectivity index (χ0n) is 60.2. The number of carbonyl (C=O) groups is 2. The Labute approximate surface area is 556 Å². The number of hydrogen-bond acceptors (Lipinski definition) is 5. The predicted molar refractivity (Wildman–Crippen MR) is 393 cm³/mol. The highest BCUT2D eigenvalue weighted by atomic mass is 16.5. The number of nitrogens with one attached hydrogen (secondary N) is 1. The van der Waals surface area contributed by atoms with E-state index >= 15 is 0 Å². The summed E-state index contributed by atoms with van der Waals surface area (Å²) in [6.45, 7) is 4.95. The van der Waals surface area contributed by atoms with Crippen molar-refractivity contribution in [3.05, 3.63) is 48.6 Å². The van der Waals surface area contributed by atoms with Crippen LogP contribution in [0, 0.1) is 0 Å². The van der Waals surface area contributed by atoms with Crippen LogP contribution in [-0.4, -0.2) is 47.4 Å². The normalized spacial score (nSPS) is 12.7. The lowest BCUT2D eigenvalue weighted by Crippen LogP contribution is -2.45. The van der Waals surface area contributed by atoms with Crippen molar-refractivity contribution < 1.29 is 24.5 Å². The van der Waals surface area contributed by atoms with E-state index < -0.39 is 12.1 Å². The Kier molecular flexibility index (Phi) is 76.3. The molecule has 0 spiro atoms. The van der Waals surface area contributed by atoms with Crippen LogP contribution in [0.2, 0.25) is 0 Å². The molecule has 0 aliphatic heterocycles. The number of rotatable bonds is 76. The van der Waals surface area contributed by atoms with Crippen LogP contribution in [0.1, 0.15) is 444 Å².